The SMILES string of the molecule is COc1ccc(C)cc1NC(=O)c1cc(S(=O)(=O)N2CCN(C3CCCCC3)CC2)ccc1F.Cl. The smallest absolute Gasteiger partial charge is 0.258 e. The quantitative estimate of drug-likeness (QED) is 0.602. The van der Waals surface area contributed by atoms with Crippen LogP contribution in [0.4, 0.5) is 10.1 Å². The Balaban J connectivity index is 0.00000342. The van der Waals surface area contributed by atoms with E-state index in [1.54, 1.807) is 12.1 Å². The molecule has 2 aromatic rings. The van der Waals surface area contributed by atoms with Crippen LogP contribution < -0.4 is 10.1 Å². The number of amides is 1. The molecule has 0 aromatic heterocycles. The Morgan fingerprint density at radius 2 is 1.71 bits per heavy atom. The van der Waals surface area contributed by atoms with Gasteiger partial charge < -0.3 is 10.1 Å². The third-order valence-corrected chi connectivity index (χ3v) is 8.68. The number of benzene rings is 2. The molecule has 1 saturated carbocycles. The van der Waals surface area contributed by atoms with Gasteiger partial charge in [-0.15, -0.1) is 12.4 Å². The highest BCUT2D eigenvalue weighted by Gasteiger charge is 2.32. The van der Waals surface area contributed by atoms with Crippen molar-refractivity contribution in [2.75, 3.05) is 38.6 Å². The van der Waals surface area contributed by atoms with E-state index in [0.29, 0.717) is 43.7 Å². The van der Waals surface area contributed by atoms with Crippen molar-refractivity contribution in [2.24, 2.45) is 0 Å². The molecule has 2 fully saturated rings. The highest BCUT2D eigenvalue weighted by Crippen LogP contribution is 2.28. The molecule has 0 radical (unpaired) electrons. The molecule has 10 heteroatoms. The highest BCUT2D eigenvalue weighted by atomic mass is 35.5. The van der Waals surface area contributed by atoms with E-state index >= 15 is 0 Å². The number of nitrogens with one attached hydrogen (secondary N) is 1. The third kappa shape index (κ3) is 6.14. The van der Waals surface area contributed by atoms with Crippen molar-refractivity contribution in [2.45, 2.75) is 50.0 Å². The molecule has 35 heavy (non-hydrogen) atoms. The van der Waals surface area contributed by atoms with E-state index in [9.17, 15) is 17.6 Å². The second-order valence-corrected chi connectivity index (χ2v) is 11.0. The fourth-order valence-electron chi connectivity index (χ4n) is 4.85. The predicted octanol–water partition coefficient (Wildman–Crippen LogP) is 4.46. The van der Waals surface area contributed by atoms with Gasteiger partial charge in [-0.25, -0.2) is 12.8 Å². The van der Waals surface area contributed by atoms with Crippen LogP contribution in [0.1, 0.15) is 48.0 Å². The Kier molecular flexibility index (Phi) is 9.15. The normalized spacial score (nSPS) is 18.0. The Morgan fingerprint density at radius 3 is 2.37 bits per heavy atom. The molecule has 1 heterocycles. The molecule has 0 spiro atoms. The van der Waals surface area contributed by atoms with E-state index in [1.165, 1.54) is 49.6 Å². The van der Waals surface area contributed by atoms with Gasteiger partial charge in [0.05, 0.1) is 23.3 Å². The first-order valence-corrected chi connectivity index (χ1v) is 13.2. The van der Waals surface area contributed by atoms with Crippen molar-refractivity contribution in [3.8, 4) is 5.75 Å². The number of piperazine rings is 1. The number of hydrogen-bond acceptors (Lipinski definition) is 5. The second kappa shape index (κ2) is 11.7. The summed E-state index contributed by atoms with van der Waals surface area (Å²) < 4.78 is 47.8. The van der Waals surface area contributed by atoms with Crippen LogP contribution in [0.3, 0.4) is 0 Å². The summed E-state index contributed by atoms with van der Waals surface area (Å²) in [5, 5.41) is 2.64. The number of aryl methyl sites for hydroxylation is 1. The zero-order chi connectivity index (χ0) is 24.3. The number of methoxy groups -OCH3 is 1. The molecule has 1 aliphatic heterocycles. The van der Waals surface area contributed by atoms with Crippen molar-refractivity contribution in [1.29, 1.82) is 0 Å². The molecular formula is C25H33ClFN3O4S. The Morgan fingerprint density at radius 1 is 1.03 bits per heavy atom. The number of anilines is 1. The van der Waals surface area contributed by atoms with Gasteiger partial charge in [-0.3, -0.25) is 9.69 Å². The average Bonchev–Trinajstić information content (AvgIpc) is 2.85. The van der Waals surface area contributed by atoms with E-state index < -0.39 is 21.7 Å². The van der Waals surface area contributed by atoms with Crippen LogP contribution in [0.15, 0.2) is 41.3 Å². The van der Waals surface area contributed by atoms with E-state index in [-0.39, 0.29) is 22.9 Å². The monoisotopic (exact) mass is 525 g/mol. The second-order valence-electron chi connectivity index (χ2n) is 9.03. The molecule has 1 amide bonds. The first-order chi connectivity index (χ1) is 16.3. The molecule has 4 rings (SSSR count). The van der Waals surface area contributed by atoms with Crippen LogP contribution in [-0.4, -0.2) is 62.9 Å². The maximum Gasteiger partial charge on any atom is 0.258 e. The highest BCUT2D eigenvalue weighted by molar-refractivity contribution is 7.89. The minimum absolute atomic E-state index is 0. The van der Waals surface area contributed by atoms with Crippen LogP contribution in [0.2, 0.25) is 0 Å². The summed E-state index contributed by atoms with van der Waals surface area (Å²) in [6.07, 6.45) is 6.10. The molecule has 1 N–H and O–H groups in total. The van der Waals surface area contributed by atoms with Crippen molar-refractivity contribution < 1.29 is 22.3 Å². The summed E-state index contributed by atoms with van der Waals surface area (Å²) in [5.41, 5.74) is 0.949. The average molecular weight is 526 g/mol. The predicted molar refractivity (Wildman–Crippen MR) is 137 cm³/mol. The molecule has 7 nitrogen and oxygen atoms in total. The zero-order valence-corrected chi connectivity index (χ0v) is 21.8. The summed E-state index contributed by atoms with van der Waals surface area (Å²) >= 11 is 0. The van der Waals surface area contributed by atoms with Crippen molar-refractivity contribution in [3.05, 3.63) is 53.3 Å². The Hall–Kier alpha value is -2.20. The Bertz CT molecular complexity index is 1150. The third-order valence-electron chi connectivity index (χ3n) is 6.79. The van der Waals surface area contributed by atoms with Gasteiger partial charge in [-0.05, 0) is 55.7 Å². The first-order valence-electron chi connectivity index (χ1n) is 11.8. The number of ether oxygens (including phenoxy) is 1. The van der Waals surface area contributed by atoms with Crippen LogP contribution in [0.5, 0.6) is 5.75 Å². The van der Waals surface area contributed by atoms with Gasteiger partial charge >= 0.3 is 0 Å². The summed E-state index contributed by atoms with van der Waals surface area (Å²) in [4.78, 5) is 15.2. The fourth-order valence-corrected chi connectivity index (χ4v) is 6.30. The van der Waals surface area contributed by atoms with Gasteiger partial charge in [0.15, 0.2) is 0 Å². The lowest BCUT2D eigenvalue weighted by Crippen LogP contribution is -2.52. The maximum absolute atomic E-state index is 14.6. The largest absolute Gasteiger partial charge is 0.495 e. The fraction of sp³-hybridized carbons (Fsp3) is 0.480. The molecule has 0 bridgehead atoms. The van der Waals surface area contributed by atoms with E-state index in [2.05, 4.69) is 10.2 Å². The molecule has 1 saturated heterocycles. The number of nitrogens with zero attached hydrogens (tertiary/aromatic N) is 2. The topological polar surface area (TPSA) is 78.9 Å². The minimum Gasteiger partial charge on any atom is -0.495 e. The van der Waals surface area contributed by atoms with E-state index in [1.807, 2.05) is 13.0 Å². The number of sulfonamides is 1. The van der Waals surface area contributed by atoms with Crippen LogP contribution >= 0.6 is 12.4 Å². The zero-order valence-electron chi connectivity index (χ0n) is 20.1. The molecule has 1 aliphatic carbocycles. The summed E-state index contributed by atoms with van der Waals surface area (Å²) in [6, 6.07) is 9.16. The summed E-state index contributed by atoms with van der Waals surface area (Å²) in [7, 11) is -2.37. The first kappa shape index (κ1) is 27.4. The van der Waals surface area contributed by atoms with Gasteiger partial charge in [-0.1, -0.05) is 25.3 Å². The Labute approximate surface area is 213 Å². The van der Waals surface area contributed by atoms with E-state index in [4.69, 9.17) is 4.74 Å². The lowest BCUT2D eigenvalue weighted by Gasteiger charge is -2.40. The number of halogens is 2. The van der Waals surface area contributed by atoms with Gasteiger partial charge in [0, 0.05) is 32.2 Å². The van der Waals surface area contributed by atoms with Crippen molar-refractivity contribution >= 4 is 34.0 Å². The number of carbonyl (C=O) groups excluding carboxylic acids is 1. The maximum atomic E-state index is 14.6. The lowest BCUT2D eigenvalue weighted by molar-refractivity contribution is 0.102. The molecule has 2 aromatic carbocycles. The van der Waals surface area contributed by atoms with Crippen molar-refractivity contribution in [1.82, 2.24) is 9.21 Å². The molecule has 0 unspecified atom stereocenters. The number of rotatable bonds is 6. The van der Waals surface area contributed by atoms with Crippen LogP contribution in [-0.2, 0) is 10.0 Å². The van der Waals surface area contributed by atoms with Crippen LogP contribution in [0.25, 0.3) is 0 Å². The number of hydrogen-bond donors (Lipinski definition) is 1. The molecule has 2 aliphatic rings. The van der Waals surface area contributed by atoms with Crippen molar-refractivity contribution in [3.63, 3.8) is 0 Å². The molecule has 0 atom stereocenters. The molecule has 192 valence electrons. The molecular weight excluding hydrogens is 493 g/mol. The minimum atomic E-state index is -3.85. The van der Waals surface area contributed by atoms with Gasteiger partial charge in [0.25, 0.3) is 5.91 Å². The number of carbonyl (C=O) groups is 1. The summed E-state index contributed by atoms with van der Waals surface area (Å²) in [6.45, 7) is 4.00. The van der Waals surface area contributed by atoms with Gasteiger partial charge in [-0.2, -0.15) is 4.31 Å². The standard InChI is InChI=1S/C25H32FN3O4S.ClH/c1-18-8-11-24(33-2)23(16-18)27-25(30)21-17-20(9-10-22(21)26)34(31,32)29-14-12-28(13-15-29)19-6-4-3-5-7-19;/h8-11,16-17,19H,3-7,12-15H2,1-2H3,(H,27,30);1H. The van der Waals surface area contributed by atoms with Crippen LogP contribution in [0, 0.1) is 12.7 Å². The lowest BCUT2D eigenvalue weighted by atomic mass is 9.94. The summed E-state index contributed by atoms with van der Waals surface area (Å²) in [5.74, 6) is -1.09. The van der Waals surface area contributed by atoms with E-state index in [0.717, 1.165) is 17.7 Å². The van der Waals surface area contributed by atoms with Gasteiger partial charge in [0.1, 0.15) is 11.6 Å². The van der Waals surface area contributed by atoms with Gasteiger partial charge in [0.2, 0.25) is 10.0 Å².